The van der Waals surface area contributed by atoms with Gasteiger partial charge >= 0.3 is 0 Å². The molecule has 0 fully saturated rings. The molecule has 0 atom stereocenters. The Morgan fingerprint density at radius 2 is 2.18 bits per heavy atom. The molecule has 0 aliphatic rings. The number of rotatable bonds is 5. The zero-order chi connectivity index (χ0) is 13.1. The van der Waals surface area contributed by atoms with E-state index in [-0.39, 0.29) is 13.1 Å². The molecule has 0 aliphatic heterocycles. The lowest BCUT2D eigenvalue weighted by Crippen LogP contribution is -2.39. The first-order chi connectivity index (χ1) is 7.87. The Balaban J connectivity index is 2.92. The number of aromatic nitrogens is 1. The van der Waals surface area contributed by atoms with Crippen LogP contribution in [0.5, 0.6) is 0 Å². The van der Waals surface area contributed by atoms with E-state index in [4.69, 9.17) is 9.78 Å². The molecule has 7 nitrogen and oxygen atoms in total. The van der Waals surface area contributed by atoms with E-state index in [0.717, 1.165) is 8.61 Å². The predicted octanol–water partition coefficient (Wildman–Crippen LogP) is 0.115. The van der Waals surface area contributed by atoms with Crippen molar-refractivity contribution in [1.29, 1.82) is 5.26 Å². The zero-order valence-corrected chi connectivity index (χ0v) is 10.7. The van der Waals surface area contributed by atoms with Gasteiger partial charge in [-0.1, -0.05) is 5.16 Å². The maximum Gasteiger partial charge on any atom is 0.282 e. The third kappa shape index (κ3) is 3.26. The molecule has 1 heterocycles. The summed E-state index contributed by atoms with van der Waals surface area (Å²) in [6.07, 6.45) is 0. The van der Waals surface area contributed by atoms with E-state index in [2.05, 4.69) is 5.16 Å². The topological polar surface area (TPSA) is 90.4 Å². The minimum atomic E-state index is -3.63. The Bertz CT molecular complexity index is 515. The molecule has 94 valence electrons. The fraction of sp³-hybridized carbons (Fsp3) is 0.556. The highest BCUT2D eigenvalue weighted by molar-refractivity contribution is 7.86. The molecule has 0 aliphatic carbocycles. The number of aryl methyl sites for hydroxylation is 1. The highest BCUT2D eigenvalue weighted by Gasteiger charge is 2.25. The van der Waals surface area contributed by atoms with Gasteiger partial charge in [-0.25, -0.2) is 0 Å². The number of nitrogens with zero attached hydrogens (tertiary/aromatic N) is 4. The van der Waals surface area contributed by atoms with Gasteiger partial charge in [-0.15, -0.1) is 0 Å². The summed E-state index contributed by atoms with van der Waals surface area (Å²) in [7, 11) is -0.807. The summed E-state index contributed by atoms with van der Waals surface area (Å²) in [5, 5.41) is 12.3. The van der Waals surface area contributed by atoms with Crippen molar-refractivity contribution < 1.29 is 12.9 Å². The van der Waals surface area contributed by atoms with Crippen molar-refractivity contribution in [2.24, 2.45) is 0 Å². The van der Waals surface area contributed by atoms with Crippen molar-refractivity contribution in [3.63, 3.8) is 0 Å². The molecule has 0 saturated heterocycles. The molecule has 0 saturated carbocycles. The lowest BCUT2D eigenvalue weighted by molar-refractivity contribution is 0.362. The van der Waals surface area contributed by atoms with Crippen LogP contribution < -0.4 is 0 Å². The molecular formula is C9H14N4O3S. The number of nitriles is 1. The molecule has 0 amide bonds. The summed E-state index contributed by atoms with van der Waals surface area (Å²) in [5.41, 5.74) is 0.475. The lowest BCUT2D eigenvalue weighted by atomic mass is 10.4. The second kappa shape index (κ2) is 5.27. The van der Waals surface area contributed by atoms with Crippen LogP contribution >= 0.6 is 0 Å². The van der Waals surface area contributed by atoms with E-state index in [0.29, 0.717) is 11.5 Å². The van der Waals surface area contributed by atoms with E-state index in [1.54, 1.807) is 13.0 Å². The van der Waals surface area contributed by atoms with Gasteiger partial charge in [-0.2, -0.15) is 22.3 Å². The van der Waals surface area contributed by atoms with Crippen LogP contribution in [-0.2, 0) is 16.8 Å². The van der Waals surface area contributed by atoms with E-state index >= 15 is 0 Å². The highest BCUT2D eigenvalue weighted by Crippen LogP contribution is 2.11. The van der Waals surface area contributed by atoms with Crippen LogP contribution in [0.1, 0.15) is 11.5 Å². The van der Waals surface area contributed by atoms with Crippen LogP contribution in [0.4, 0.5) is 0 Å². The molecule has 0 aromatic carbocycles. The molecule has 1 aromatic heterocycles. The fourth-order valence-electron chi connectivity index (χ4n) is 1.20. The smallest absolute Gasteiger partial charge is 0.282 e. The van der Waals surface area contributed by atoms with Gasteiger partial charge in [0.25, 0.3) is 10.2 Å². The monoisotopic (exact) mass is 258 g/mol. The first-order valence-corrected chi connectivity index (χ1v) is 6.24. The third-order valence-corrected chi connectivity index (χ3v) is 3.88. The maximum atomic E-state index is 11.9. The largest absolute Gasteiger partial charge is 0.361 e. The van der Waals surface area contributed by atoms with Crippen LogP contribution in [0.2, 0.25) is 0 Å². The highest BCUT2D eigenvalue weighted by atomic mass is 32.2. The van der Waals surface area contributed by atoms with Crippen molar-refractivity contribution in [1.82, 2.24) is 13.8 Å². The molecule has 0 radical (unpaired) electrons. The summed E-state index contributed by atoms with van der Waals surface area (Å²) < 4.78 is 30.7. The van der Waals surface area contributed by atoms with Gasteiger partial charge in [0.1, 0.15) is 12.3 Å². The second-order valence-corrected chi connectivity index (χ2v) is 5.79. The summed E-state index contributed by atoms with van der Waals surface area (Å²) in [6, 6.07) is 3.45. The predicted molar refractivity (Wildman–Crippen MR) is 59.9 cm³/mol. The number of hydrogen-bond donors (Lipinski definition) is 0. The molecular weight excluding hydrogens is 244 g/mol. The van der Waals surface area contributed by atoms with Crippen LogP contribution in [0.25, 0.3) is 0 Å². The van der Waals surface area contributed by atoms with Crippen LogP contribution in [0, 0.1) is 18.3 Å². The van der Waals surface area contributed by atoms with Crippen LogP contribution in [0.15, 0.2) is 10.6 Å². The molecule has 0 bridgehead atoms. The summed E-state index contributed by atoms with van der Waals surface area (Å²) >= 11 is 0. The minimum Gasteiger partial charge on any atom is -0.361 e. The normalized spacial score (nSPS) is 12.0. The SMILES string of the molecule is Cc1cc(CN(CC#N)S(=O)(=O)N(C)C)no1. The molecule has 17 heavy (non-hydrogen) atoms. The minimum absolute atomic E-state index is 0.0193. The standard InChI is InChI=1S/C9H14N4O3S/c1-8-6-9(11-16-8)7-13(5-4-10)17(14,15)12(2)3/h6H,5,7H2,1-3H3. The van der Waals surface area contributed by atoms with Gasteiger partial charge in [0.05, 0.1) is 18.3 Å². The third-order valence-electron chi connectivity index (χ3n) is 2.05. The van der Waals surface area contributed by atoms with Gasteiger partial charge in [-0.05, 0) is 6.92 Å². The molecule has 0 unspecified atom stereocenters. The Morgan fingerprint density at radius 3 is 2.59 bits per heavy atom. The fourth-order valence-corrected chi connectivity index (χ4v) is 2.18. The summed E-state index contributed by atoms with van der Waals surface area (Å²) in [6.45, 7) is 1.50. The van der Waals surface area contributed by atoms with E-state index < -0.39 is 10.2 Å². The molecule has 1 aromatic rings. The van der Waals surface area contributed by atoms with Gasteiger partial charge in [0, 0.05) is 20.2 Å². The van der Waals surface area contributed by atoms with Gasteiger partial charge in [0.2, 0.25) is 0 Å². The van der Waals surface area contributed by atoms with Crippen molar-refractivity contribution in [3.8, 4) is 6.07 Å². The van der Waals surface area contributed by atoms with Gasteiger partial charge in [-0.3, -0.25) is 0 Å². The molecule has 8 heteroatoms. The van der Waals surface area contributed by atoms with E-state index in [1.807, 2.05) is 6.07 Å². The Morgan fingerprint density at radius 1 is 1.53 bits per heavy atom. The first kappa shape index (κ1) is 13.6. The Kier molecular flexibility index (Phi) is 4.22. The average Bonchev–Trinajstić information content (AvgIpc) is 2.63. The Hall–Kier alpha value is -1.43. The van der Waals surface area contributed by atoms with Gasteiger partial charge in [0.15, 0.2) is 0 Å². The van der Waals surface area contributed by atoms with Crippen molar-refractivity contribution in [2.45, 2.75) is 13.5 Å². The van der Waals surface area contributed by atoms with Crippen LogP contribution in [-0.4, -0.2) is 42.8 Å². The summed E-state index contributed by atoms with van der Waals surface area (Å²) in [4.78, 5) is 0. The van der Waals surface area contributed by atoms with Crippen molar-refractivity contribution >= 4 is 10.2 Å². The lowest BCUT2D eigenvalue weighted by Gasteiger charge is -2.21. The number of hydrogen-bond acceptors (Lipinski definition) is 5. The van der Waals surface area contributed by atoms with E-state index in [9.17, 15) is 8.42 Å². The first-order valence-electron chi connectivity index (χ1n) is 4.84. The molecule has 0 N–H and O–H groups in total. The molecule has 0 spiro atoms. The van der Waals surface area contributed by atoms with Crippen molar-refractivity contribution in [2.75, 3.05) is 20.6 Å². The van der Waals surface area contributed by atoms with E-state index in [1.165, 1.54) is 14.1 Å². The average molecular weight is 258 g/mol. The van der Waals surface area contributed by atoms with Gasteiger partial charge < -0.3 is 4.52 Å². The van der Waals surface area contributed by atoms with Crippen molar-refractivity contribution in [3.05, 3.63) is 17.5 Å². The summed E-state index contributed by atoms with van der Waals surface area (Å²) in [5.74, 6) is 0.596. The molecule has 1 rings (SSSR count). The Labute approximate surface area is 100 Å². The maximum absolute atomic E-state index is 11.9. The second-order valence-electron chi connectivity index (χ2n) is 3.65. The van der Waals surface area contributed by atoms with Crippen LogP contribution in [0.3, 0.4) is 0 Å². The quantitative estimate of drug-likeness (QED) is 0.699. The zero-order valence-electron chi connectivity index (χ0n) is 9.91.